The summed E-state index contributed by atoms with van der Waals surface area (Å²) in [7, 11) is 0. The number of aromatic nitrogens is 2. The minimum Gasteiger partial charge on any atom is -0.475 e. The molecule has 74 valence electrons. The van der Waals surface area contributed by atoms with Crippen LogP contribution in [0.4, 0.5) is 9.52 Å². The second-order valence-corrected chi connectivity index (χ2v) is 3.57. The molecule has 0 bridgehead atoms. The summed E-state index contributed by atoms with van der Waals surface area (Å²) >= 11 is 1.28. The van der Waals surface area contributed by atoms with Gasteiger partial charge in [-0.15, -0.1) is 0 Å². The van der Waals surface area contributed by atoms with Crippen LogP contribution in [0.15, 0.2) is 12.1 Å². The van der Waals surface area contributed by atoms with Gasteiger partial charge in [-0.3, -0.25) is 0 Å². The van der Waals surface area contributed by atoms with Crippen LogP contribution in [-0.2, 0) is 0 Å². The summed E-state index contributed by atoms with van der Waals surface area (Å²) in [6, 6.07) is 3.40. The Hall–Kier alpha value is -1.43. The Morgan fingerprint density at radius 3 is 3.07 bits per heavy atom. The number of anilines is 1. The van der Waals surface area contributed by atoms with Crippen LogP contribution in [0, 0.1) is 0 Å². The molecule has 0 saturated heterocycles. The Kier molecular flexibility index (Phi) is 2.45. The van der Waals surface area contributed by atoms with Gasteiger partial charge in [0.15, 0.2) is 5.13 Å². The van der Waals surface area contributed by atoms with Gasteiger partial charge in [0.25, 0.3) is 0 Å². The highest BCUT2D eigenvalue weighted by molar-refractivity contribution is 7.21. The lowest BCUT2D eigenvalue weighted by molar-refractivity contribution is 0.265. The number of nitrogen functional groups attached to an aromatic ring is 1. The maximum Gasteiger partial charge on any atom is 0.214 e. The fourth-order valence-electron chi connectivity index (χ4n) is 1.04. The van der Waals surface area contributed by atoms with Gasteiger partial charge in [-0.25, -0.2) is 14.4 Å². The third-order valence-electron chi connectivity index (χ3n) is 1.57. The summed E-state index contributed by atoms with van der Waals surface area (Å²) in [5.74, 6) is 0.402. The predicted molar refractivity (Wildman–Crippen MR) is 53.3 cm³/mol. The van der Waals surface area contributed by atoms with E-state index in [4.69, 9.17) is 10.5 Å². The minimum atomic E-state index is -0.523. The predicted octanol–water partition coefficient (Wildman–Crippen LogP) is 1.62. The van der Waals surface area contributed by atoms with Crippen LogP contribution < -0.4 is 10.5 Å². The monoisotopic (exact) mass is 213 g/mol. The first kappa shape index (κ1) is 9.14. The minimum absolute atomic E-state index is 0.0206. The topological polar surface area (TPSA) is 61.0 Å². The number of nitrogens with zero attached hydrogens (tertiary/aromatic N) is 2. The number of fused-ring (bicyclic) bond motifs is 1. The number of hydrogen-bond donors (Lipinski definition) is 1. The highest BCUT2D eigenvalue weighted by atomic mass is 32.1. The maximum absolute atomic E-state index is 11.8. The first-order valence-electron chi connectivity index (χ1n) is 4.01. The Morgan fingerprint density at radius 2 is 2.29 bits per heavy atom. The highest BCUT2D eigenvalue weighted by Gasteiger charge is 2.03. The third-order valence-corrected chi connectivity index (χ3v) is 2.37. The Bertz CT molecular complexity index is 445. The lowest BCUT2D eigenvalue weighted by Gasteiger charge is -2.00. The molecule has 0 unspecified atom stereocenters. The third kappa shape index (κ3) is 1.74. The molecular formula is C8H8FN3OS. The zero-order valence-electron chi connectivity index (χ0n) is 7.24. The van der Waals surface area contributed by atoms with Gasteiger partial charge in [-0.1, -0.05) is 11.3 Å². The van der Waals surface area contributed by atoms with Gasteiger partial charge < -0.3 is 10.5 Å². The van der Waals surface area contributed by atoms with Crippen molar-refractivity contribution in [2.24, 2.45) is 0 Å². The second kappa shape index (κ2) is 3.75. The first-order valence-corrected chi connectivity index (χ1v) is 4.83. The van der Waals surface area contributed by atoms with Gasteiger partial charge in [-0.2, -0.15) is 0 Å². The standard InChI is InChI=1S/C8H8FN3OS/c9-3-4-13-6-2-1-5-7(12-6)14-8(10)11-5/h1-2H,3-4H2,(H2,10,11). The van der Waals surface area contributed by atoms with Gasteiger partial charge in [0, 0.05) is 6.07 Å². The number of pyridine rings is 1. The molecule has 0 spiro atoms. The number of halogens is 1. The molecule has 2 heterocycles. The fourth-order valence-corrected chi connectivity index (χ4v) is 1.74. The summed E-state index contributed by atoms with van der Waals surface area (Å²) in [4.78, 5) is 8.87. The van der Waals surface area contributed by atoms with E-state index in [1.165, 1.54) is 11.3 Å². The highest BCUT2D eigenvalue weighted by Crippen LogP contribution is 2.23. The SMILES string of the molecule is Nc1nc2ccc(OCCF)nc2s1. The van der Waals surface area contributed by atoms with Crippen molar-refractivity contribution in [1.29, 1.82) is 0 Å². The van der Waals surface area contributed by atoms with Crippen molar-refractivity contribution >= 4 is 26.8 Å². The molecule has 0 aliphatic rings. The normalized spacial score (nSPS) is 10.6. The van der Waals surface area contributed by atoms with Crippen LogP contribution >= 0.6 is 11.3 Å². The summed E-state index contributed by atoms with van der Waals surface area (Å²) in [5, 5.41) is 0.468. The molecule has 2 aromatic heterocycles. The van der Waals surface area contributed by atoms with E-state index in [9.17, 15) is 4.39 Å². The summed E-state index contributed by atoms with van der Waals surface area (Å²) in [5.41, 5.74) is 6.24. The largest absolute Gasteiger partial charge is 0.475 e. The molecule has 2 rings (SSSR count). The smallest absolute Gasteiger partial charge is 0.214 e. The van der Waals surface area contributed by atoms with E-state index in [-0.39, 0.29) is 6.61 Å². The number of ether oxygens (including phenoxy) is 1. The molecule has 0 aromatic carbocycles. The van der Waals surface area contributed by atoms with Crippen molar-refractivity contribution in [3.8, 4) is 5.88 Å². The molecular weight excluding hydrogens is 205 g/mol. The number of thiazole rings is 1. The zero-order chi connectivity index (χ0) is 9.97. The molecule has 0 saturated carbocycles. The van der Waals surface area contributed by atoms with Crippen LogP contribution in [0.1, 0.15) is 0 Å². The fraction of sp³-hybridized carbons (Fsp3) is 0.250. The Morgan fingerprint density at radius 1 is 1.43 bits per heavy atom. The molecule has 2 N–H and O–H groups in total. The second-order valence-electron chi connectivity index (χ2n) is 2.56. The van der Waals surface area contributed by atoms with Crippen molar-refractivity contribution < 1.29 is 9.13 Å². The molecule has 0 aliphatic heterocycles. The van der Waals surface area contributed by atoms with Crippen molar-refractivity contribution in [3.05, 3.63) is 12.1 Å². The van der Waals surface area contributed by atoms with Gasteiger partial charge >= 0.3 is 0 Å². The van der Waals surface area contributed by atoms with Gasteiger partial charge in [0.2, 0.25) is 5.88 Å². The van der Waals surface area contributed by atoms with Gasteiger partial charge in [0.1, 0.15) is 23.6 Å². The van der Waals surface area contributed by atoms with E-state index in [1.807, 2.05) is 0 Å². The number of nitrogens with two attached hydrogens (primary N) is 1. The lowest BCUT2D eigenvalue weighted by Crippen LogP contribution is -1.99. The molecule has 0 atom stereocenters. The Labute approximate surface area is 83.5 Å². The van der Waals surface area contributed by atoms with E-state index in [0.29, 0.717) is 15.8 Å². The van der Waals surface area contributed by atoms with E-state index >= 15 is 0 Å². The van der Waals surface area contributed by atoms with Crippen LogP contribution in [0.5, 0.6) is 5.88 Å². The van der Waals surface area contributed by atoms with Crippen LogP contribution in [0.25, 0.3) is 10.3 Å². The van der Waals surface area contributed by atoms with Crippen molar-refractivity contribution in [2.45, 2.75) is 0 Å². The first-order chi connectivity index (χ1) is 6.79. The zero-order valence-corrected chi connectivity index (χ0v) is 8.05. The van der Waals surface area contributed by atoms with Crippen LogP contribution in [-0.4, -0.2) is 23.2 Å². The van der Waals surface area contributed by atoms with Gasteiger partial charge in [-0.05, 0) is 6.07 Å². The van der Waals surface area contributed by atoms with E-state index < -0.39 is 6.67 Å². The van der Waals surface area contributed by atoms with Crippen molar-refractivity contribution in [1.82, 2.24) is 9.97 Å². The maximum atomic E-state index is 11.8. The average Bonchev–Trinajstić information content (AvgIpc) is 2.54. The molecule has 0 radical (unpaired) electrons. The number of hydrogen-bond acceptors (Lipinski definition) is 5. The van der Waals surface area contributed by atoms with E-state index in [0.717, 1.165) is 5.52 Å². The van der Waals surface area contributed by atoms with E-state index in [2.05, 4.69) is 9.97 Å². The van der Waals surface area contributed by atoms with Gasteiger partial charge in [0.05, 0.1) is 0 Å². The molecule has 4 nitrogen and oxygen atoms in total. The number of alkyl halides is 1. The molecule has 0 aliphatic carbocycles. The lowest BCUT2D eigenvalue weighted by atomic mass is 10.4. The Balaban J connectivity index is 2.31. The van der Waals surface area contributed by atoms with Crippen molar-refractivity contribution in [3.63, 3.8) is 0 Å². The van der Waals surface area contributed by atoms with E-state index in [1.54, 1.807) is 12.1 Å². The molecule has 0 fully saturated rings. The quantitative estimate of drug-likeness (QED) is 0.841. The van der Waals surface area contributed by atoms with Crippen LogP contribution in [0.2, 0.25) is 0 Å². The summed E-state index contributed by atoms with van der Waals surface area (Å²) in [6.07, 6.45) is 0. The molecule has 6 heteroatoms. The average molecular weight is 213 g/mol. The van der Waals surface area contributed by atoms with Crippen LogP contribution in [0.3, 0.4) is 0 Å². The molecule has 0 amide bonds. The van der Waals surface area contributed by atoms with Crippen molar-refractivity contribution in [2.75, 3.05) is 19.0 Å². The molecule has 14 heavy (non-hydrogen) atoms. The number of rotatable bonds is 3. The summed E-state index contributed by atoms with van der Waals surface area (Å²) < 4.78 is 16.8. The summed E-state index contributed by atoms with van der Waals surface area (Å²) in [6.45, 7) is -0.503. The molecule has 2 aromatic rings.